The molecule has 2 heterocycles. The molecule has 0 spiro atoms. The van der Waals surface area contributed by atoms with Gasteiger partial charge in [0, 0.05) is 26.8 Å². The topological polar surface area (TPSA) is 129 Å². The Kier molecular flexibility index (Phi) is 9.24. The van der Waals surface area contributed by atoms with Crippen LogP contribution < -0.4 is 11.0 Å². The minimum atomic E-state index is -1.33. The average Bonchev–Trinajstić information content (AvgIpc) is 3.55. The summed E-state index contributed by atoms with van der Waals surface area (Å²) in [7, 11) is -1.16. The molecule has 2 aromatic carbocycles. The van der Waals surface area contributed by atoms with Crippen molar-refractivity contribution in [2.75, 3.05) is 13.2 Å². The molecule has 11 nitrogen and oxygen atoms in total. The molecule has 216 valence electrons. The molecule has 2 N–H and O–H groups in total. The van der Waals surface area contributed by atoms with E-state index in [1.54, 1.807) is 17.1 Å². The highest BCUT2D eigenvalue weighted by molar-refractivity contribution is 6.76. The monoisotopic (exact) mass is 583 g/mol. The zero-order valence-corrected chi connectivity index (χ0v) is 23.9. The maximum atomic E-state index is 15.1. The average molecular weight is 584 g/mol. The lowest BCUT2D eigenvalue weighted by Gasteiger charge is -2.15. The second-order valence-corrected chi connectivity index (χ2v) is 16.2. The summed E-state index contributed by atoms with van der Waals surface area (Å²) in [5, 5.41) is 19.1. The second-order valence-electron chi connectivity index (χ2n) is 10.6. The zero-order valence-electron chi connectivity index (χ0n) is 22.9. The van der Waals surface area contributed by atoms with E-state index in [0.29, 0.717) is 24.7 Å². The van der Waals surface area contributed by atoms with Crippen LogP contribution in [0.4, 0.5) is 13.6 Å². The number of rotatable bonds is 12. The van der Waals surface area contributed by atoms with Crippen molar-refractivity contribution in [3.8, 4) is 28.2 Å². The number of amides is 1. The van der Waals surface area contributed by atoms with Gasteiger partial charge in [0.1, 0.15) is 25.2 Å². The van der Waals surface area contributed by atoms with Gasteiger partial charge in [-0.3, -0.25) is 0 Å². The standard InChI is InChI=1S/C27H31F2N7O4Si/c1-41(2,3)11-10-40-18-34-16-31-25(33-34)21-6-4-20(5-7-21)22-8-9-24(23(29)12-22)35-17-32-36(27(35)39)15-19(13-28)14-30-26(37)38/h4-9,12-13,16-17,30H,10-11,14-15,18H2,1-3H3,(H,37,38). The van der Waals surface area contributed by atoms with Crippen LogP contribution in [0, 0.1) is 5.82 Å². The quantitative estimate of drug-likeness (QED) is 0.185. The fourth-order valence-electron chi connectivity index (χ4n) is 3.84. The van der Waals surface area contributed by atoms with Crippen LogP contribution in [-0.4, -0.2) is 61.5 Å². The van der Waals surface area contributed by atoms with Crippen molar-refractivity contribution in [1.29, 1.82) is 0 Å². The molecule has 0 aliphatic rings. The molecule has 0 bridgehead atoms. The molecular formula is C27H31F2N7O4Si. The Balaban J connectivity index is 1.43. The first-order valence-corrected chi connectivity index (χ1v) is 16.5. The first-order chi connectivity index (χ1) is 19.5. The van der Waals surface area contributed by atoms with Crippen LogP contribution in [-0.2, 0) is 18.0 Å². The van der Waals surface area contributed by atoms with Crippen molar-refractivity contribution < 1.29 is 23.4 Å². The number of nitrogens with one attached hydrogen (secondary N) is 1. The molecule has 1 amide bonds. The summed E-state index contributed by atoms with van der Waals surface area (Å²) in [6, 6.07) is 12.9. The van der Waals surface area contributed by atoms with Crippen molar-refractivity contribution >= 4 is 14.2 Å². The highest BCUT2D eigenvalue weighted by Crippen LogP contribution is 2.26. The molecule has 2 aromatic heterocycles. The fraction of sp³-hybridized carbons (Fsp3) is 0.296. The zero-order chi connectivity index (χ0) is 29.6. The number of carboxylic acid groups (broad SMARTS) is 1. The Morgan fingerprint density at radius 2 is 1.80 bits per heavy atom. The first kappa shape index (κ1) is 29.5. The predicted octanol–water partition coefficient (Wildman–Crippen LogP) is 4.53. The van der Waals surface area contributed by atoms with Gasteiger partial charge in [-0.2, -0.15) is 5.10 Å². The van der Waals surface area contributed by atoms with E-state index in [-0.39, 0.29) is 30.7 Å². The highest BCUT2D eigenvalue weighted by atomic mass is 28.3. The Morgan fingerprint density at radius 3 is 2.46 bits per heavy atom. The van der Waals surface area contributed by atoms with Gasteiger partial charge < -0.3 is 15.2 Å². The maximum absolute atomic E-state index is 15.1. The van der Waals surface area contributed by atoms with E-state index >= 15 is 4.39 Å². The van der Waals surface area contributed by atoms with E-state index in [4.69, 9.17) is 9.84 Å². The molecule has 0 fully saturated rings. The summed E-state index contributed by atoms with van der Waals surface area (Å²) in [6.07, 6.45) is 1.62. The molecule has 0 saturated heterocycles. The molecule has 4 rings (SSSR count). The summed E-state index contributed by atoms with van der Waals surface area (Å²) >= 11 is 0. The van der Waals surface area contributed by atoms with Gasteiger partial charge >= 0.3 is 11.8 Å². The maximum Gasteiger partial charge on any atom is 0.404 e. The largest absolute Gasteiger partial charge is 0.465 e. The lowest BCUT2D eigenvalue weighted by Crippen LogP contribution is -2.29. The van der Waals surface area contributed by atoms with Gasteiger partial charge in [0.15, 0.2) is 5.82 Å². The van der Waals surface area contributed by atoms with Crippen LogP contribution >= 0.6 is 0 Å². The molecule has 0 aliphatic heterocycles. The SMILES string of the molecule is C[Si](C)(C)CCOCn1cnc(-c2ccc(-c3ccc(-n4cnn(CC(=CF)CNC(=O)O)c4=O)c(F)c3)cc2)n1. The Hall–Kier alpha value is -4.43. The van der Waals surface area contributed by atoms with Gasteiger partial charge in [-0.15, -0.1) is 5.10 Å². The van der Waals surface area contributed by atoms with Gasteiger partial charge in [0.2, 0.25) is 0 Å². The third-order valence-corrected chi connectivity index (χ3v) is 7.85. The van der Waals surface area contributed by atoms with Crippen molar-refractivity contribution in [2.45, 2.75) is 39.0 Å². The second kappa shape index (κ2) is 12.8. The number of hydrogen-bond donors (Lipinski definition) is 2. The smallest absolute Gasteiger partial charge is 0.404 e. The van der Waals surface area contributed by atoms with E-state index in [9.17, 15) is 14.0 Å². The van der Waals surface area contributed by atoms with E-state index in [2.05, 4.69) is 34.8 Å². The van der Waals surface area contributed by atoms with E-state index in [1.165, 1.54) is 12.1 Å². The first-order valence-electron chi connectivity index (χ1n) is 12.8. The summed E-state index contributed by atoms with van der Waals surface area (Å²) in [4.78, 5) is 27.7. The molecule has 4 aromatic rings. The van der Waals surface area contributed by atoms with Gasteiger partial charge in [-0.05, 0) is 34.9 Å². The number of ether oxygens (including phenoxy) is 1. The van der Waals surface area contributed by atoms with Gasteiger partial charge in [0.25, 0.3) is 0 Å². The number of carbonyl (C=O) groups is 1. The van der Waals surface area contributed by atoms with Crippen molar-refractivity contribution in [2.24, 2.45) is 0 Å². The summed E-state index contributed by atoms with van der Waals surface area (Å²) in [5.74, 6) is -0.107. The molecule has 14 heteroatoms. The van der Waals surface area contributed by atoms with Gasteiger partial charge in [-0.25, -0.2) is 37.3 Å². The van der Waals surface area contributed by atoms with Crippen molar-refractivity contribution in [3.05, 3.63) is 83.3 Å². The molecule has 0 radical (unpaired) electrons. The highest BCUT2D eigenvalue weighted by Gasteiger charge is 2.15. The molecule has 0 aliphatic carbocycles. The van der Waals surface area contributed by atoms with Crippen LogP contribution in [0.5, 0.6) is 0 Å². The molecular weight excluding hydrogens is 552 g/mol. The number of hydrogen-bond acceptors (Lipinski definition) is 6. The predicted molar refractivity (Wildman–Crippen MR) is 152 cm³/mol. The van der Waals surface area contributed by atoms with Crippen LogP contribution in [0.1, 0.15) is 0 Å². The third-order valence-electron chi connectivity index (χ3n) is 6.15. The van der Waals surface area contributed by atoms with Crippen LogP contribution in [0.15, 0.2) is 71.8 Å². The number of aromatic nitrogens is 6. The summed E-state index contributed by atoms with van der Waals surface area (Å²) in [6.45, 7) is 7.29. The fourth-order valence-corrected chi connectivity index (χ4v) is 4.60. The molecule has 0 unspecified atom stereocenters. The van der Waals surface area contributed by atoms with Gasteiger partial charge in [0.05, 0.1) is 18.6 Å². The molecule has 0 atom stereocenters. The Morgan fingerprint density at radius 1 is 1.10 bits per heavy atom. The number of benzene rings is 2. The minimum Gasteiger partial charge on any atom is -0.465 e. The summed E-state index contributed by atoms with van der Waals surface area (Å²) < 4.78 is 37.5. The Bertz CT molecular complexity index is 1590. The minimum absolute atomic E-state index is 0.0215. The van der Waals surface area contributed by atoms with Crippen LogP contribution in [0.2, 0.25) is 25.7 Å². The lowest BCUT2D eigenvalue weighted by atomic mass is 10.0. The van der Waals surface area contributed by atoms with Gasteiger partial charge in [-0.1, -0.05) is 50.0 Å². The number of nitrogens with zero attached hydrogens (tertiary/aromatic N) is 6. The Labute approximate surface area is 235 Å². The lowest BCUT2D eigenvalue weighted by molar-refractivity contribution is 0.0785. The van der Waals surface area contributed by atoms with E-state index in [1.807, 2.05) is 29.6 Å². The molecule has 0 saturated carbocycles. The number of halogens is 2. The van der Waals surface area contributed by atoms with Crippen molar-refractivity contribution in [3.63, 3.8) is 0 Å². The van der Waals surface area contributed by atoms with Crippen molar-refractivity contribution in [1.82, 2.24) is 34.4 Å². The third kappa shape index (κ3) is 7.82. The van der Waals surface area contributed by atoms with E-state index < -0.39 is 25.7 Å². The summed E-state index contributed by atoms with van der Waals surface area (Å²) in [5.41, 5.74) is 1.38. The molecule has 41 heavy (non-hydrogen) atoms. The van der Waals surface area contributed by atoms with E-state index in [0.717, 1.165) is 32.7 Å². The van der Waals surface area contributed by atoms with Crippen LogP contribution in [0.25, 0.3) is 28.2 Å². The van der Waals surface area contributed by atoms with Crippen LogP contribution in [0.3, 0.4) is 0 Å². The normalized spacial score (nSPS) is 12.1.